The molecule has 0 bridgehead atoms. The fourth-order valence-corrected chi connectivity index (χ4v) is 2.89. The van der Waals surface area contributed by atoms with Crippen LogP contribution in [0.5, 0.6) is 5.75 Å². The van der Waals surface area contributed by atoms with Crippen molar-refractivity contribution in [1.82, 2.24) is 9.36 Å². The van der Waals surface area contributed by atoms with Gasteiger partial charge in [0, 0.05) is 13.1 Å². The number of carbonyl (C=O) groups is 1. The molecule has 3 aromatic rings. The molecule has 1 aromatic heterocycles. The smallest absolute Gasteiger partial charge is 0.295 e. The van der Waals surface area contributed by atoms with Gasteiger partial charge in [0.25, 0.3) is 5.56 Å². The first-order valence-corrected chi connectivity index (χ1v) is 9.07. The zero-order valence-electron chi connectivity index (χ0n) is 16.2. The van der Waals surface area contributed by atoms with Crippen LogP contribution >= 0.6 is 0 Å². The highest BCUT2D eigenvalue weighted by molar-refractivity contribution is 6.02. The summed E-state index contributed by atoms with van der Waals surface area (Å²) in [6.07, 6.45) is 3.10. The molecule has 0 unspecified atom stereocenters. The highest BCUT2D eigenvalue weighted by atomic mass is 16.5. The number of amides is 1. The maximum absolute atomic E-state index is 12.8. The molecular weight excluding hydrogens is 354 g/mol. The molecule has 0 radical (unpaired) electrons. The van der Waals surface area contributed by atoms with Gasteiger partial charge < -0.3 is 10.1 Å². The minimum atomic E-state index is -0.361. The summed E-state index contributed by atoms with van der Waals surface area (Å²) < 4.78 is 8.65. The molecule has 1 amide bonds. The van der Waals surface area contributed by atoms with Crippen LogP contribution in [0.4, 0.5) is 5.69 Å². The molecule has 0 aliphatic carbocycles. The molecule has 144 valence electrons. The van der Waals surface area contributed by atoms with E-state index in [1.165, 1.54) is 10.8 Å². The average molecular weight is 377 g/mol. The van der Waals surface area contributed by atoms with Crippen molar-refractivity contribution in [3.8, 4) is 11.4 Å². The Hall–Kier alpha value is -3.54. The van der Waals surface area contributed by atoms with E-state index in [9.17, 15) is 9.59 Å². The van der Waals surface area contributed by atoms with Gasteiger partial charge in [0.2, 0.25) is 5.91 Å². The van der Waals surface area contributed by atoms with Gasteiger partial charge in [0.15, 0.2) is 0 Å². The van der Waals surface area contributed by atoms with Crippen molar-refractivity contribution in [2.75, 3.05) is 11.9 Å². The minimum absolute atomic E-state index is 0.269. The maximum Gasteiger partial charge on any atom is 0.295 e. The summed E-state index contributed by atoms with van der Waals surface area (Å²) in [4.78, 5) is 25.1. The van der Waals surface area contributed by atoms with E-state index in [4.69, 9.17) is 4.74 Å². The number of hydrogen-bond donors (Lipinski definition) is 1. The molecule has 0 aliphatic rings. The van der Waals surface area contributed by atoms with Crippen LogP contribution in [0.15, 0.2) is 65.5 Å². The lowest BCUT2D eigenvalue weighted by atomic mass is 10.2. The summed E-state index contributed by atoms with van der Waals surface area (Å²) in [7, 11) is 1.79. The molecular formula is C22H23N3O3. The van der Waals surface area contributed by atoms with Crippen LogP contribution in [0.2, 0.25) is 0 Å². The fraction of sp³-hybridized carbons (Fsp3) is 0.182. The molecule has 0 spiro atoms. The van der Waals surface area contributed by atoms with E-state index in [0.717, 1.165) is 17.0 Å². The fourth-order valence-electron chi connectivity index (χ4n) is 2.89. The summed E-state index contributed by atoms with van der Waals surface area (Å²) in [5.74, 6) is 0.422. The Labute approximate surface area is 163 Å². The number of benzene rings is 2. The Morgan fingerprint density at radius 1 is 1.11 bits per heavy atom. The standard InChI is InChI=1S/C22H23N3O3/c1-4-28-19-13-10-17(11-14-19)12-15-20(26)23-21-16(2)24(3)25(22(21)27)18-8-6-5-7-9-18/h5-15H,4H2,1-3H3,(H,23,26)/b15-12+. The Balaban J connectivity index is 1.78. The highest BCUT2D eigenvalue weighted by Gasteiger charge is 2.17. The number of ether oxygens (including phenoxy) is 1. The van der Waals surface area contributed by atoms with Crippen molar-refractivity contribution < 1.29 is 9.53 Å². The van der Waals surface area contributed by atoms with Crippen molar-refractivity contribution in [3.05, 3.63) is 82.3 Å². The van der Waals surface area contributed by atoms with E-state index in [1.807, 2.05) is 61.5 Å². The topological polar surface area (TPSA) is 65.3 Å². The third-order valence-electron chi connectivity index (χ3n) is 4.42. The lowest BCUT2D eigenvalue weighted by Crippen LogP contribution is -2.22. The van der Waals surface area contributed by atoms with Crippen LogP contribution in [0.3, 0.4) is 0 Å². The summed E-state index contributed by atoms with van der Waals surface area (Å²) in [6, 6.07) is 16.7. The second-order valence-electron chi connectivity index (χ2n) is 6.26. The van der Waals surface area contributed by atoms with Gasteiger partial charge in [-0.25, -0.2) is 4.68 Å². The van der Waals surface area contributed by atoms with Gasteiger partial charge in [-0.3, -0.25) is 14.3 Å². The Morgan fingerprint density at radius 3 is 2.43 bits per heavy atom. The number of para-hydroxylation sites is 1. The number of anilines is 1. The first-order valence-electron chi connectivity index (χ1n) is 9.07. The quantitative estimate of drug-likeness (QED) is 0.668. The van der Waals surface area contributed by atoms with Gasteiger partial charge in [0.1, 0.15) is 11.4 Å². The molecule has 6 nitrogen and oxygen atoms in total. The van der Waals surface area contributed by atoms with Crippen LogP contribution in [0, 0.1) is 6.92 Å². The van der Waals surface area contributed by atoms with E-state index in [-0.39, 0.29) is 17.2 Å². The van der Waals surface area contributed by atoms with Gasteiger partial charge in [-0.1, -0.05) is 30.3 Å². The Kier molecular flexibility index (Phi) is 5.79. The van der Waals surface area contributed by atoms with Crippen molar-refractivity contribution in [3.63, 3.8) is 0 Å². The van der Waals surface area contributed by atoms with E-state index >= 15 is 0 Å². The SMILES string of the molecule is CCOc1ccc(/C=C/C(=O)Nc2c(C)n(C)n(-c3ccccc3)c2=O)cc1. The van der Waals surface area contributed by atoms with E-state index in [2.05, 4.69) is 5.32 Å². The molecule has 0 saturated carbocycles. The van der Waals surface area contributed by atoms with E-state index in [1.54, 1.807) is 24.7 Å². The van der Waals surface area contributed by atoms with Crippen molar-refractivity contribution in [1.29, 1.82) is 0 Å². The van der Waals surface area contributed by atoms with Gasteiger partial charge in [-0.05, 0) is 49.8 Å². The molecule has 2 aromatic carbocycles. The number of carbonyl (C=O) groups excluding carboxylic acids is 1. The molecule has 0 fully saturated rings. The molecule has 6 heteroatoms. The van der Waals surface area contributed by atoms with E-state index in [0.29, 0.717) is 12.3 Å². The van der Waals surface area contributed by atoms with Gasteiger partial charge in [0.05, 0.1) is 18.0 Å². The maximum atomic E-state index is 12.8. The molecule has 0 aliphatic heterocycles. The van der Waals surface area contributed by atoms with Crippen LogP contribution < -0.4 is 15.6 Å². The number of aromatic nitrogens is 2. The summed E-state index contributed by atoms with van der Waals surface area (Å²) in [5, 5.41) is 2.71. The average Bonchev–Trinajstić information content (AvgIpc) is 2.91. The van der Waals surface area contributed by atoms with Gasteiger partial charge in [-0.15, -0.1) is 0 Å². The third kappa shape index (κ3) is 4.06. The van der Waals surface area contributed by atoms with Crippen LogP contribution in [0.1, 0.15) is 18.2 Å². The van der Waals surface area contributed by atoms with Crippen molar-refractivity contribution in [2.45, 2.75) is 13.8 Å². The van der Waals surface area contributed by atoms with Crippen molar-refractivity contribution >= 4 is 17.7 Å². The lowest BCUT2D eigenvalue weighted by molar-refractivity contribution is -0.111. The molecule has 1 N–H and O–H groups in total. The summed E-state index contributed by atoms with van der Waals surface area (Å²) in [6.45, 7) is 4.33. The summed E-state index contributed by atoms with van der Waals surface area (Å²) in [5.41, 5.74) is 2.28. The first-order chi connectivity index (χ1) is 13.5. The predicted octanol–water partition coefficient (Wildman–Crippen LogP) is 3.54. The molecule has 3 rings (SSSR count). The van der Waals surface area contributed by atoms with Crippen LogP contribution in [-0.2, 0) is 11.8 Å². The zero-order chi connectivity index (χ0) is 20.1. The number of nitrogens with zero attached hydrogens (tertiary/aromatic N) is 2. The Morgan fingerprint density at radius 2 is 1.79 bits per heavy atom. The summed E-state index contributed by atoms with van der Waals surface area (Å²) >= 11 is 0. The third-order valence-corrected chi connectivity index (χ3v) is 4.42. The number of nitrogens with one attached hydrogen (secondary N) is 1. The largest absolute Gasteiger partial charge is 0.494 e. The van der Waals surface area contributed by atoms with Crippen LogP contribution in [0.25, 0.3) is 11.8 Å². The monoisotopic (exact) mass is 377 g/mol. The molecule has 0 saturated heterocycles. The Bertz CT molecular complexity index is 1050. The van der Waals surface area contributed by atoms with Crippen LogP contribution in [-0.4, -0.2) is 21.9 Å². The normalized spacial score (nSPS) is 11.0. The second-order valence-corrected chi connectivity index (χ2v) is 6.26. The molecule has 1 heterocycles. The van der Waals surface area contributed by atoms with Crippen molar-refractivity contribution in [2.24, 2.45) is 7.05 Å². The highest BCUT2D eigenvalue weighted by Crippen LogP contribution is 2.15. The predicted molar refractivity (Wildman–Crippen MR) is 111 cm³/mol. The first kappa shape index (κ1) is 19.2. The number of hydrogen-bond acceptors (Lipinski definition) is 3. The molecule has 0 atom stereocenters. The zero-order valence-corrected chi connectivity index (χ0v) is 16.2. The second kappa shape index (κ2) is 8.43. The van der Waals surface area contributed by atoms with Gasteiger partial charge >= 0.3 is 0 Å². The number of rotatable bonds is 6. The lowest BCUT2D eigenvalue weighted by Gasteiger charge is -2.07. The van der Waals surface area contributed by atoms with E-state index < -0.39 is 0 Å². The molecule has 28 heavy (non-hydrogen) atoms. The minimum Gasteiger partial charge on any atom is -0.494 e. The van der Waals surface area contributed by atoms with Gasteiger partial charge in [-0.2, -0.15) is 0 Å².